The summed E-state index contributed by atoms with van der Waals surface area (Å²) in [4.78, 5) is 16.5. The van der Waals surface area contributed by atoms with Crippen molar-refractivity contribution in [3.8, 4) is 0 Å². The standard InChI is InChI=1S/C15H22N4O2S/c1-12-17-14(21-18-12)6-5-8-16-15(20)13(7-11-22-2)19-9-3-4-10-19/h3-4,9-10,13H,5-8,11H2,1-2H3,(H,16,20)/t13-/m1/s1. The van der Waals surface area contributed by atoms with Crippen molar-refractivity contribution in [2.75, 3.05) is 18.6 Å². The molecule has 120 valence electrons. The minimum atomic E-state index is -0.145. The highest BCUT2D eigenvalue weighted by Crippen LogP contribution is 2.15. The van der Waals surface area contributed by atoms with Crippen LogP contribution >= 0.6 is 11.8 Å². The van der Waals surface area contributed by atoms with Crippen LogP contribution in [0.15, 0.2) is 29.0 Å². The molecule has 22 heavy (non-hydrogen) atoms. The second-order valence-corrected chi connectivity index (χ2v) is 6.04. The van der Waals surface area contributed by atoms with E-state index in [1.165, 1.54) is 0 Å². The molecule has 0 saturated heterocycles. The number of rotatable bonds is 9. The van der Waals surface area contributed by atoms with Gasteiger partial charge in [0, 0.05) is 25.4 Å². The first-order valence-corrected chi connectivity index (χ1v) is 8.78. The molecule has 1 amide bonds. The molecule has 6 nitrogen and oxygen atoms in total. The third-order valence-electron chi connectivity index (χ3n) is 3.32. The topological polar surface area (TPSA) is 73.0 Å². The minimum absolute atomic E-state index is 0.0620. The Morgan fingerprint density at radius 2 is 2.23 bits per heavy atom. The molecule has 0 radical (unpaired) electrons. The third kappa shape index (κ3) is 4.91. The molecule has 0 aliphatic rings. The number of amides is 1. The molecule has 2 heterocycles. The first kappa shape index (κ1) is 16.6. The summed E-state index contributed by atoms with van der Waals surface area (Å²) >= 11 is 1.75. The van der Waals surface area contributed by atoms with Gasteiger partial charge in [-0.15, -0.1) is 0 Å². The molecule has 0 saturated carbocycles. The van der Waals surface area contributed by atoms with Crippen LogP contribution in [0, 0.1) is 6.92 Å². The molecule has 2 aromatic rings. The summed E-state index contributed by atoms with van der Waals surface area (Å²) in [5.41, 5.74) is 0. The van der Waals surface area contributed by atoms with E-state index in [1.54, 1.807) is 18.7 Å². The number of hydrogen-bond donors (Lipinski definition) is 1. The lowest BCUT2D eigenvalue weighted by Crippen LogP contribution is -2.33. The van der Waals surface area contributed by atoms with Crippen LogP contribution in [0.4, 0.5) is 0 Å². The van der Waals surface area contributed by atoms with Crippen molar-refractivity contribution in [3.05, 3.63) is 36.2 Å². The average molecular weight is 322 g/mol. The number of thioether (sulfide) groups is 1. The van der Waals surface area contributed by atoms with Gasteiger partial charge in [-0.25, -0.2) is 0 Å². The fraction of sp³-hybridized carbons (Fsp3) is 0.533. The molecular formula is C15H22N4O2S. The van der Waals surface area contributed by atoms with Crippen molar-refractivity contribution >= 4 is 17.7 Å². The van der Waals surface area contributed by atoms with E-state index in [2.05, 4.69) is 21.7 Å². The van der Waals surface area contributed by atoms with E-state index in [0.717, 1.165) is 18.6 Å². The summed E-state index contributed by atoms with van der Waals surface area (Å²) in [6.45, 7) is 2.40. The molecule has 1 atom stereocenters. The maximum atomic E-state index is 12.4. The summed E-state index contributed by atoms with van der Waals surface area (Å²) < 4.78 is 7.02. The van der Waals surface area contributed by atoms with E-state index >= 15 is 0 Å². The summed E-state index contributed by atoms with van der Waals surface area (Å²) in [5, 5.41) is 6.75. The Morgan fingerprint density at radius 3 is 2.86 bits per heavy atom. The van der Waals surface area contributed by atoms with Crippen molar-refractivity contribution in [1.82, 2.24) is 20.0 Å². The van der Waals surface area contributed by atoms with Gasteiger partial charge in [0.05, 0.1) is 0 Å². The monoisotopic (exact) mass is 322 g/mol. The maximum Gasteiger partial charge on any atom is 0.243 e. The SMILES string of the molecule is CSCC[C@H](C(=O)NCCCc1nc(C)no1)n1cccc1. The van der Waals surface area contributed by atoms with E-state index in [0.29, 0.717) is 24.7 Å². The highest BCUT2D eigenvalue weighted by atomic mass is 32.2. The quantitative estimate of drug-likeness (QED) is 0.717. The first-order valence-electron chi connectivity index (χ1n) is 7.39. The lowest BCUT2D eigenvalue weighted by molar-refractivity contribution is -0.124. The van der Waals surface area contributed by atoms with E-state index in [4.69, 9.17) is 4.52 Å². The van der Waals surface area contributed by atoms with Gasteiger partial charge in [-0.3, -0.25) is 4.79 Å². The molecule has 0 spiro atoms. The van der Waals surface area contributed by atoms with E-state index < -0.39 is 0 Å². The average Bonchev–Trinajstić information content (AvgIpc) is 3.16. The van der Waals surface area contributed by atoms with Gasteiger partial charge < -0.3 is 14.4 Å². The molecule has 1 N–H and O–H groups in total. The normalized spacial score (nSPS) is 12.3. The van der Waals surface area contributed by atoms with Crippen LogP contribution in [0.2, 0.25) is 0 Å². The Labute approximate surface area is 134 Å². The third-order valence-corrected chi connectivity index (χ3v) is 3.97. The van der Waals surface area contributed by atoms with Gasteiger partial charge in [0.2, 0.25) is 11.8 Å². The van der Waals surface area contributed by atoms with Crippen molar-refractivity contribution in [3.63, 3.8) is 0 Å². The Bertz CT molecular complexity index is 568. The fourth-order valence-corrected chi connectivity index (χ4v) is 2.67. The number of hydrogen-bond acceptors (Lipinski definition) is 5. The van der Waals surface area contributed by atoms with Crippen molar-refractivity contribution in [1.29, 1.82) is 0 Å². The summed E-state index contributed by atoms with van der Waals surface area (Å²) in [6, 6.07) is 3.74. The van der Waals surface area contributed by atoms with Crippen LogP contribution in [0.3, 0.4) is 0 Å². The molecule has 0 aromatic carbocycles. The summed E-state index contributed by atoms with van der Waals surface area (Å²) in [6.07, 6.45) is 8.22. The summed E-state index contributed by atoms with van der Waals surface area (Å²) in [7, 11) is 0. The largest absolute Gasteiger partial charge is 0.354 e. The van der Waals surface area contributed by atoms with Crippen LogP contribution in [0.1, 0.15) is 30.6 Å². The lowest BCUT2D eigenvalue weighted by atomic mass is 10.2. The minimum Gasteiger partial charge on any atom is -0.354 e. The molecule has 2 rings (SSSR count). The highest BCUT2D eigenvalue weighted by Gasteiger charge is 2.18. The van der Waals surface area contributed by atoms with Crippen LogP contribution in [0.5, 0.6) is 0 Å². The zero-order chi connectivity index (χ0) is 15.8. The predicted octanol–water partition coefficient (Wildman–Crippen LogP) is 2.22. The second kappa shape index (κ2) is 8.63. The molecule has 0 unspecified atom stereocenters. The number of aromatic nitrogens is 3. The number of aryl methyl sites for hydroxylation is 2. The zero-order valence-corrected chi connectivity index (χ0v) is 13.8. The fourth-order valence-electron chi connectivity index (χ4n) is 2.21. The van der Waals surface area contributed by atoms with E-state index in [-0.39, 0.29) is 11.9 Å². The lowest BCUT2D eigenvalue weighted by Gasteiger charge is -2.18. The zero-order valence-electron chi connectivity index (χ0n) is 13.0. The highest BCUT2D eigenvalue weighted by molar-refractivity contribution is 7.98. The first-order chi connectivity index (χ1) is 10.7. The number of carbonyl (C=O) groups is 1. The van der Waals surface area contributed by atoms with Crippen molar-refractivity contribution < 1.29 is 9.32 Å². The van der Waals surface area contributed by atoms with Gasteiger partial charge >= 0.3 is 0 Å². The van der Waals surface area contributed by atoms with Gasteiger partial charge in [-0.1, -0.05) is 5.16 Å². The van der Waals surface area contributed by atoms with Gasteiger partial charge in [-0.2, -0.15) is 16.7 Å². The van der Waals surface area contributed by atoms with Crippen LogP contribution < -0.4 is 5.32 Å². The molecule has 0 aliphatic carbocycles. The van der Waals surface area contributed by atoms with Crippen molar-refractivity contribution in [2.24, 2.45) is 0 Å². The van der Waals surface area contributed by atoms with Gasteiger partial charge in [0.15, 0.2) is 5.82 Å². The molecular weight excluding hydrogens is 300 g/mol. The molecule has 0 fully saturated rings. The van der Waals surface area contributed by atoms with E-state index in [9.17, 15) is 4.79 Å². The van der Waals surface area contributed by atoms with Crippen LogP contribution in [0.25, 0.3) is 0 Å². The van der Waals surface area contributed by atoms with Gasteiger partial charge in [0.25, 0.3) is 0 Å². The Kier molecular flexibility index (Phi) is 6.51. The van der Waals surface area contributed by atoms with Crippen LogP contribution in [-0.4, -0.2) is 39.2 Å². The Hall–Kier alpha value is -1.76. The number of nitrogens with zero attached hydrogens (tertiary/aromatic N) is 3. The van der Waals surface area contributed by atoms with Crippen LogP contribution in [-0.2, 0) is 11.2 Å². The van der Waals surface area contributed by atoms with Gasteiger partial charge in [0.1, 0.15) is 6.04 Å². The molecule has 7 heteroatoms. The maximum absolute atomic E-state index is 12.4. The second-order valence-electron chi connectivity index (χ2n) is 5.06. The summed E-state index contributed by atoms with van der Waals surface area (Å²) in [5.74, 6) is 2.28. The number of nitrogens with one attached hydrogen (secondary N) is 1. The Balaban J connectivity index is 1.78. The predicted molar refractivity (Wildman–Crippen MR) is 86.8 cm³/mol. The molecule has 0 bridgehead atoms. The van der Waals surface area contributed by atoms with Crippen molar-refractivity contribution in [2.45, 2.75) is 32.2 Å². The molecule has 0 aliphatic heterocycles. The van der Waals surface area contributed by atoms with E-state index in [1.807, 2.05) is 29.1 Å². The van der Waals surface area contributed by atoms with Gasteiger partial charge in [-0.05, 0) is 43.9 Å². The smallest absolute Gasteiger partial charge is 0.243 e. The molecule has 2 aromatic heterocycles. The number of carbonyl (C=O) groups excluding carboxylic acids is 1. The Morgan fingerprint density at radius 1 is 1.45 bits per heavy atom.